The zero-order valence-electron chi connectivity index (χ0n) is 16.4. The molecule has 0 aliphatic rings. The molecule has 1 amide bonds. The average Bonchev–Trinajstić information content (AvgIpc) is 2.65. The Balaban J connectivity index is 1.95. The number of rotatable bonds is 8. The number of carbonyl (C=O) groups is 1. The van der Waals surface area contributed by atoms with Gasteiger partial charge in [0, 0.05) is 27.1 Å². The van der Waals surface area contributed by atoms with Crippen molar-refractivity contribution in [1.82, 2.24) is 9.62 Å². The second kappa shape index (κ2) is 9.15. The quantitative estimate of drug-likeness (QED) is 0.754. The van der Waals surface area contributed by atoms with Gasteiger partial charge in [0.2, 0.25) is 15.9 Å². The first kappa shape index (κ1) is 21.1. The number of carbonyl (C=O) groups excluding carboxylic acids is 1. The molecule has 0 fully saturated rings. The van der Waals surface area contributed by atoms with Crippen LogP contribution in [0.15, 0.2) is 53.4 Å². The van der Waals surface area contributed by atoms with Gasteiger partial charge in [-0.05, 0) is 35.1 Å². The average molecular weight is 389 g/mol. The van der Waals surface area contributed by atoms with Gasteiger partial charge in [0.15, 0.2) is 0 Å². The summed E-state index contributed by atoms with van der Waals surface area (Å²) in [6.07, 6.45) is 1.02. The van der Waals surface area contributed by atoms with Crippen molar-refractivity contribution >= 4 is 15.9 Å². The summed E-state index contributed by atoms with van der Waals surface area (Å²) in [4.78, 5) is 12.4. The van der Waals surface area contributed by atoms with Crippen LogP contribution < -0.4 is 5.32 Å². The van der Waals surface area contributed by atoms with Crippen LogP contribution in [0.4, 0.5) is 0 Å². The fourth-order valence-corrected chi connectivity index (χ4v) is 3.82. The monoisotopic (exact) mass is 388 g/mol. The van der Waals surface area contributed by atoms with E-state index in [0.29, 0.717) is 24.3 Å². The molecule has 27 heavy (non-hydrogen) atoms. The molecule has 0 atom stereocenters. The smallest absolute Gasteiger partial charge is 0.242 e. The molecule has 2 rings (SSSR count). The lowest BCUT2D eigenvalue weighted by atomic mass is 10.0. The van der Waals surface area contributed by atoms with Crippen LogP contribution in [0.1, 0.15) is 42.9 Å². The summed E-state index contributed by atoms with van der Waals surface area (Å²) in [5.74, 6) is 0.390. The largest absolute Gasteiger partial charge is 0.352 e. The minimum Gasteiger partial charge on any atom is -0.352 e. The van der Waals surface area contributed by atoms with Gasteiger partial charge in [-0.3, -0.25) is 4.79 Å². The number of hydrogen-bond acceptors (Lipinski definition) is 3. The summed E-state index contributed by atoms with van der Waals surface area (Å²) in [6.45, 7) is 4.49. The zero-order valence-corrected chi connectivity index (χ0v) is 17.2. The lowest BCUT2D eigenvalue weighted by molar-refractivity contribution is -0.121. The highest BCUT2D eigenvalue weighted by atomic mass is 32.2. The molecule has 0 heterocycles. The number of hydrogen-bond donors (Lipinski definition) is 1. The maximum absolute atomic E-state index is 12.4. The number of benzene rings is 2. The highest BCUT2D eigenvalue weighted by molar-refractivity contribution is 7.89. The number of nitrogens with one attached hydrogen (secondary N) is 1. The maximum Gasteiger partial charge on any atom is 0.242 e. The Bertz CT molecular complexity index is 873. The maximum atomic E-state index is 12.4. The summed E-state index contributed by atoms with van der Waals surface area (Å²) in [5.41, 5.74) is 2.98. The van der Waals surface area contributed by atoms with E-state index in [0.717, 1.165) is 5.56 Å². The van der Waals surface area contributed by atoms with Crippen molar-refractivity contribution in [2.45, 2.75) is 44.0 Å². The third-order valence-electron chi connectivity index (χ3n) is 4.49. The van der Waals surface area contributed by atoms with Crippen molar-refractivity contribution in [3.8, 4) is 0 Å². The van der Waals surface area contributed by atoms with Crippen molar-refractivity contribution in [3.05, 3.63) is 65.2 Å². The molecule has 0 saturated heterocycles. The van der Waals surface area contributed by atoms with Crippen LogP contribution in [-0.4, -0.2) is 32.7 Å². The molecule has 6 heteroatoms. The molecular formula is C21H28N2O3S. The zero-order chi connectivity index (χ0) is 20.0. The molecule has 0 spiro atoms. The topological polar surface area (TPSA) is 66.5 Å². The summed E-state index contributed by atoms with van der Waals surface area (Å²) in [5, 5.41) is 2.83. The first-order valence-corrected chi connectivity index (χ1v) is 10.5. The highest BCUT2D eigenvalue weighted by Gasteiger charge is 2.20. The minimum absolute atomic E-state index is 0.0972. The first-order valence-electron chi connectivity index (χ1n) is 9.07. The predicted molar refractivity (Wildman–Crippen MR) is 108 cm³/mol. The summed E-state index contributed by atoms with van der Waals surface area (Å²) in [7, 11) is -0.549. The molecular weight excluding hydrogens is 360 g/mol. The molecule has 1 N–H and O–H groups in total. The third kappa shape index (κ3) is 5.65. The Kier molecular flexibility index (Phi) is 7.16. The van der Waals surface area contributed by atoms with E-state index in [-0.39, 0.29) is 17.3 Å². The third-order valence-corrected chi connectivity index (χ3v) is 6.41. The van der Waals surface area contributed by atoms with Gasteiger partial charge in [0.25, 0.3) is 0 Å². The fourth-order valence-electron chi connectivity index (χ4n) is 2.71. The van der Waals surface area contributed by atoms with Crippen LogP contribution in [0.2, 0.25) is 0 Å². The predicted octanol–water partition coefficient (Wildman–Crippen LogP) is 3.31. The number of aryl methyl sites for hydroxylation is 1. The standard InChI is InChI=1S/C21H28N2O3S/c1-16(2)18-12-9-17(10-13-18)11-14-21(24)22-15-19-7-5-6-8-20(19)27(25,26)23(3)4/h5-10,12-13,16H,11,14-15H2,1-4H3,(H,22,24). The Hall–Kier alpha value is -2.18. The van der Waals surface area contributed by atoms with E-state index in [4.69, 9.17) is 0 Å². The SMILES string of the molecule is CC(C)c1ccc(CCC(=O)NCc2ccccc2S(=O)(=O)N(C)C)cc1. The van der Waals surface area contributed by atoms with Gasteiger partial charge in [0.1, 0.15) is 0 Å². The van der Waals surface area contributed by atoms with Crippen LogP contribution in [0.5, 0.6) is 0 Å². The van der Waals surface area contributed by atoms with E-state index in [2.05, 4.69) is 43.4 Å². The van der Waals surface area contributed by atoms with Crippen LogP contribution >= 0.6 is 0 Å². The highest BCUT2D eigenvalue weighted by Crippen LogP contribution is 2.18. The Labute approximate surface area is 162 Å². The molecule has 0 aliphatic heterocycles. The molecule has 146 valence electrons. The van der Waals surface area contributed by atoms with Gasteiger partial charge in [-0.1, -0.05) is 56.3 Å². The molecule has 0 unspecified atom stereocenters. The van der Waals surface area contributed by atoms with Crippen LogP contribution in [0.3, 0.4) is 0 Å². The number of sulfonamides is 1. The Morgan fingerprint density at radius 1 is 1.04 bits per heavy atom. The Morgan fingerprint density at radius 3 is 2.26 bits per heavy atom. The minimum atomic E-state index is -3.54. The van der Waals surface area contributed by atoms with Crippen LogP contribution in [-0.2, 0) is 27.8 Å². The van der Waals surface area contributed by atoms with E-state index in [1.165, 1.54) is 24.0 Å². The van der Waals surface area contributed by atoms with E-state index in [1.807, 2.05) is 0 Å². The summed E-state index contributed by atoms with van der Waals surface area (Å²) in [6, 6.07) is 15.0. The lowest BCUT2D eigenvalue weighted by Gasteiger charge is -2.15. The van der Waals surface area contributed by atoms with E-state index in [1.54, 1.807) is 24.3 Å². The lowest BCUT2D eigenvalue weighted by Crippen LogP contribution is -2.27. The van der Waals surface area contributed by atoms with Crippen LogP contribution in [0.25, 0.3) is 0 Å². The molecule has 0 aromatic heterocycles. The van der Waals surface area contributed by atoms with Crippen molar-refractivity contribution < 1.29 is 13.2 Å². The van der Waals surface area contributed by atoms with Crippen molar-refractivity contribution in [3.63, 3.8) is 0 Å². The molecule has 2 aromatic carbocycles. The normalized spacial score (nSPS) is 11.8. The van der Waals surface area contributed by atoms with E-state index >= 15 is 0 Å². The van der Waals surface area contributed by atoms with E-state index in [9.17, 15) is 13.2 Å². The van der Waals surface area contributed by atoms with Gasteiger partial charge >= 0.3 is 0 Å². The van der Waals surface area contributed by atoms with Crippen molar-refractivity contribution in [2.75, 3.05) is 14.1 Å². The summed E-state index contributed by atoms with van der Waals surface area (Å²) < 4.78 is 26.0. The number of amides is 1. The second-order valence-electron chi connectivity index (χ2n) is 7.07. The molecule has 0 aliphatic carbocycles. The molecule has 0 bridgehead atoms. The van der Waals surface area contributed by atoms with Gasteiger partial charge in [-0.25, -0.2) is 12.7 Å². The van der Waals surface area contributed by atoms with Gasteiger partial charge in [-0.15, -0.1) is 0 Å². The summed E-state index contributed by atoms with van der Waals surface area (Å²) >= 11 is 0. The van der Waals surface area contributed by atoms with Crippen molar-refractivity contribution in [1.29, 1.82) is 0 Å². The van der Waals surface area contributed by atoms with E-state index < -0.39 is 10.0 Å². The van der Waals surface area contributed by atoms with Gasteiger partial charge in [-0.2, -0.15) is 0 Å². The van der Waals surface area contributed by atoms with Crippen LogP contribution in [0, 0.1) is 0 Å². The van der Waals surface area contributed by atoms with Gasteiger partial charge < -0.3 is 5.32 Å². The Morgan fingerprint density at radius 2 is 1.67 bits per heavy atom. The van der Waals surface area contributed by atoms with Crippen molar-refractivity contribution in [2.24, 2.45) is 0 Å². The molecule has 0 radical (unpaired) electrons. The first-order chi connectivity index (χ1) is 12.7. The molecule has 5 nitrogen and oxygen atoms in total. The van der Waals surface area contributed by atoms with Gasteiger partial charge in [0.05, 0.1) is 4.90 Å². The second-order valence-corrected chi connectivity index (χ2v) is 9.19. The molecule has 2 aromatic rings. The number of nitrogens with zero attached hydrogens (tertiary/aromatic N) is 1. The fraction of sp³-hybridized carbons (Fsp3) is 0.381. The molecule has 0 saturated carbocycles.